The average molecular weight is 410 g/mol. The van der Waals surface area contributed by atoms with Crippen LogP contribution < -0.4 is 5.32 Å². The van der Waals surface area contributed by atoms with Crippen LogP contribution in [-0.2, 0) is 4.79 Å². The second-order valence-corrected chi connectivity index (χ2v) is 7.20. The predicted molar refractivity (Wildman–Crippen MR) is 84.2 cm³/mol. The standard InChI is InChI=1S/C17H16F6N2O3/c1-14(2)6-10(26)12(11(27)7-14)15(16(18,19)20,17(21,22)23)25-13(28)9-4-3-5-24-8-9/h3-5,8,26H,6-7H2,1-2H3,(H,25,28). The van der Waals surface area contributed by atoms with E-state index in [1.165, 1.54) is 20.0 Å². The first-order valence-electron chi connectivity index (χ1n) is 7.94. The Hall–Kier alpha value is -2.59. The van der Waals surface area contributed by atoms with Crippen LogP contribution in [0, 0.1) is 5.41 Å². The number of alkyl halides is 6. The number of ketones is 1. The molecule has 1 aromatic heterocycles. The fourth-order valence-electron chi connectivity index (χ4n) is 3.10. The van der Waals surface area contributed by atoms with Crippen LogP contribution in [0.15, 0.2) is 35.9 Å². The molecule has 0 atom stereocenters. The van der Waals surface area contributed by atoms with E-state index in [1.54, 1.807) is 0 Å². The fourth-order valence-corrected chi connectivity index (χ4v) is 3.10. The summed E-state index contributed by atoms with van der Waals surface area (Å²) in [6.45, 7) is 2.82. The number of aliphatic hydroxyl groups is 1. The van der Waals surface area contributed by atoms with Crippen LogP contribution in [0.1, 0.15) is 37.0 Å². The highest BCUT2D eigenvalue weighted by Gasteiger charge is 2.76. The van der Waals surface area contributed by atoms with Gasteiger partial charge in [0.25, 0.3) is 11.4 Å². The summed E-state index contributed by atoms with van der Waals surface area (Å²) in [5, 5.41) is 10.9. The maximum atomic E-state index is 13.8. The first-order valence-corrected chi connectivity index (χ1v) is 7.94. The normalized spacial score (nSPS) is 18.2. The second-order valence-electron chi connectivity index (χ2n) is 7.20. The summed E-state index contributed by atoms with van der Waals surface area (Å²) in [6.07, 6.45) is -11.6. The zero-order valence-electron chi connectivity index (χ0n) is 14.7. The van der Waals surface area contributed by atoms with Crippen LogP contribution in [0.4, 0.5) is 26.3 Å². The number of hydrogen-bond donors (Lipinski definition) is 2. The van der Waals surface area contributed by atoms with E-state index in [-0.39, 0.29) is 0 Å². The Labute approximate surface area is 155 Å². The van der Waals surface area contributed by atoms with Crippen molar-refractivity contribution in [3.8, 4) is 0 Å². The van der Waals surface area contributed by atoms with E-state index in [4.69, 9.17) is 0 Å². The summed E-state index contributed by atoms with van der Waals surface area (Å²) in [6, 6.07) is 2.10. The molecule has 1 amide bonds. The number of rotatable bonds is 3. The molecule has 1 aliphatic rings. The molecule has 0 fully saturated rings. The molecule has 2 N–H and O–H groups in total. The number of halogens is 6. The van der Waals surface area contributed by atoms with Crippen molar-refractivity contribution in [3.63, 3.8) is 0 Å². The quantitative estimate of drug-likeness (QED) is 0.742. The third kappa shape index (κ3) is 3.69. The van der Waals surface area contributed by atoms with E-state index in [9.17, 15) is 41.0 Å². The Balaban J connectivity index is 2.73. The van der Waals surface area contributed by atoms with Gasteiger partial charge in [0, 0.05) is 25.2 Å². The lowest BCUT2D eigenvalue weighted by atomic mass is 9.70. The SMILES string of the molecule is CC1(C)CC(=O)C(C(NC(=O)c2cccnc2)(C(F)(F)F)C(F)(F)F)=C(O)C1. The Morgan fingerprint density at radius 2 is 1.71 bits per heavy atom. The van der Waals surface area contributed by atoms with E-state index in [2.05, 4.69) is 4.98 Å². The van der Waals surface area contributed by atoms with Crippen LogP contribution in [0.2, 0.25) is 0 Å². The maximum absolute atomic E-state index is 13.8. The third-order valence-corrected chi connectivity index (χ3v) is 4.30. The van der Waals surface area contributed by atoms with E-state index < -0.39 is 64.7 Å². The second kappa shape index (κ2) is 6.78. The van der Waals surface area contributed by atoms with Gasteiger partial charge in [-0.1, -0.05) is 13.8 Å². The molecular weight excluding hydrogens is 394 g/mol. The Morgan fingerprint density at radius 1 is 1.14 bits per heavy atom. The molecule has 1 heterocycles. The van der Waals surface area contributed by atoms with Gasteiger partial charge in [-0.3, -0.25) is 14.6 Å². The summed E-state index contributed by atoms with van der Waals surface area (Å²) >= 11 is 0. The highest BCUT2D eigenvalue weighted by molar-refractivity contribution is 6.02. The molecular formula is C17H16F6N2O3. The zero-order chi connectivity index (χ0) is 21.5. The smallest absolute Gasteiger partial charge is 0.425 e. The number of aliphatic hydroxyl groups excluding tert-OH is 1. The van der Waals surface area contributed by atoms with Crippen molar-refractivity contribution in [1.29, 1.82) is 0 Å². The summed E-state index contributed by atoms with van der Waals surface area (Å²) < 4.78 is 82.9. The minimum atomic E-state index is -6.16. The van der Waals surface area contributed by atoms with Gasteiger partial charge in [0.1, 0.15) is 5.76 Å². The van der Waals surface area contributed by atoms with Gasteiger partial charge in [-0.15, -0.1) is 0 Å². The summed E-state index contributed by atoms with van der Waals surface area (Å²) in [4.78, 5) is 27.9. The third-order valence-electron chi connectivity index (χ3n) is 4.30. The fraction of sp³-hybridized carbons (Fsp3) is 0.471. The molecule has 28 heavy (non-hydrogen) atoms. The molecule has 0 saturated heterocycles. The molecule has 0 spiro atoms. The van der Waals surface area contributed by atoms with Crippen molar-refractivity contribution in [2.45, 2.75) is 44.6 Å². The summed E-state index contributed by atoms with van der Waals surface area (Å²) in [7, 11) is 0. The van der Waals surface area contributed by atoms with Gasteiger partial charge in [-0.25, -0.2) is 0 Å². The summed E-state index contributed by atoms with van der Waals surface area (Å²) in [5.41, 5.74) is -8.60. The zero-order valence-corrected chi connectivity index (χ0v) is 14.7. The highest BCUT2D eigenvalue weighted by Crippen LogP contribution is 2.52. The average Bonchev–Trinajstić information content (AvgIpc) is 2.50. The molecule has 0 aromatic carbocycles. The molecule has 0 bridgehead atoms. The largest absolute Gasteiger partial charge is 0.512 e. The summed E-state index contributed by atoms with van der Waals surface area (Å²) in [5.74, 6) is -4.65. The molecule has 154 valence electrons. The van der Waals surface area contributed by atoms with Crippen LogP contribution >= 0.6 is 0 Å². The minimum absolute atomic E-state index is 0.580. The number of hydrogen-bond acceptors (Lipinski definition) is 4. The van der Waals surface area contributed by atoms with Crippen molar-refractivity contribution in [1.82, 2.24) is 10.3 Å². The monoisotopic (exact) mass is 410 g/mol. The molecule has 2 rings (SSSR count). The van der Waals surface area contributed by atoms with Gasteiger partial charge in [0.05, 0.1) is 11.1 Å². The number of carbonyl (C=O) groups excluding carboxylic acids is 2. The highest BCUT2D eigenvalue weighted by atomic mass is 19.4. The van der Waals surface area contributed by atoms with Crippen LogP contribution in [0.5, 0.6) is 0 Å². The van der Waals surface area contributed by atoms with Crippen molar-refractivity contribution in [2.24, 2.45) is 5.41 Å². The number of nitrogens with zero attached hydrogens (tertiary/aromatic N) is 1. The van der Waals surface area contributed by atoms with Crippen LogP contribution in [0.3, 0.4) is 0 Å². The number of amides is 1. The van der Waals surface area contributed by atoms with Gasteiger partial charge < -0.3 is 10.4 Å². The van der Waals surface area contributed by atoms with Crippen molar-refractivity contribution < 1.29 is 41.0 Å². The lowest BCUT2D eigenvalue weighted by Gasteiger charge is -2.42. The van der Waals surface area contributed by atoms with Crippen molar-refractivity contribution >= 4 is 11.7 Å². The number of aromatic nitrogens is 1. The first kappa shape index (κ1) is 21.7. The van der Waals surface area contributed by atoms with E-state index in [0.29, 0.717) is 0 Å². The topological polar surface area (TPSA) is 79.3 Å². The predicted octanol–water partition coefficient (Wildman–Crippen LogP) is 3.88. The minimum Gasteiger partial charge on any atom is -0.512 e. The lowest BCUT2D eigenvalue weighted by Crippen LogP contribution is -2.70. The number of Topliss-reactive ketones (excluding diaryl/α,β-unsaturated/α-hetero) is 1. The Morgan fingerprint density at radius 3 is 2.14 bits per heavy atom. The van der Waals surface area contributed by atoms with Gasteiger partial charge in [0.15, 0.2) is 5.78 Å². The van der Waals surface area contributed by atoms with E-state index in [0.717, 1.165) is 23.6 Å². The molecule has 1 aliphatic carbocycles. The van der Waals surface area contributed by atoms with Gasteiger partial charge in [-0.2, -0.15) is 26.3 Å². The van der Waals surface area contributed by atoms with Crippen molar-refractivity contribution in [2.75, 3.05) is 0 Å². The molecule has 1 aromatic rings. The maximum Gasteiger partial charge on any atom is 0.425 e. The van der Waals surface area contributed by atoms with E-state index >= 15 is 0 Å². The number of nitrogens with one attached hydrogen (secondary N) is 1. The van der Waals surface area contributed by atoms with Crippen molar-refractivity contribution in [3.05, 3.63) is 41.4 Å². The Kier molecular flexibility index (Phi) is 5.26. The molecule has 0 radical (unpaired) electrons. The van der Waals surface area contributed by atoms with E-state index in [1.807, 2.05) is 0 Å². The van der Waals surface area contributed by atoms with Gasteiger partial charge in [0.2, 0.25) is 0 Å². The number of carbonyl (C=O) groups is 2. The van der Waals surface area contributed by atoms with Crippen LogP contribution in [0.25, 0.3) is 0 Å². The first-order chi connectivity index (χ1) is 12.6. The number of pyridine rings is 1. The molecule has 0 saturated carbocycles. The molecule has 11 heteroatoms. The van der Waals surface area contributed by atoms with Gasteiger partial charge in [-0.05, 0) is 17.5 Å². The number of allylic oxidation sites excluding steroid dienone is 1. The van der Waals surface area contributed by atoms with Crippen LogP contribution in [-0.4, -0.2) is 39.7 Å². The lowest BCUT2D eigenvalue weighted by molar-refractivity contribution is -0.291. The van der Waals surface area contributed by atoms with Gasteiger partial charge >= 0.3 is 12.4 Å². The molecule has 0 unspecified atom stereocenters. The Bertz CT molecular complexity index is 798. The molecule has 0 aliphatic heterocycles. The molecule has 5 nitrogen and oxygen atoms in total.